The highest BCUT2D eigenvalue weighted by Gasteiger charge is 2.41. The van der Waals surface area contributed by atoms with E-state index >= 15 is 9.59 Å². The van der Waals surface area contributed by atoms with E-state index in [4.69, 9.17) is 17.3 Å². The molecule has 1 aromatic heterocycles. The van der Waals surface area contributed by atoms with Crippen molar-refractivity contribution in [3.8, 4) is 0 Å². The van der Waals surface area contributed by atoms with Gasteiger partial charge in [-0.25, -0.2) is 0 Å². The van der Waals surface area contributed by atoms with Gasteiger partial charge in [0.05, 0.1) is 6.61 Å². The van der Waals surface area contributed by atoms with Crippen molar-refractivity contribution >= 4 is 116 Å². The molecule has 0 bridgehead atoms. The number of halogens is 1. The van der Waals surface area contributed by atoms with Crippen molar-refractivity contribution in [3.63, 3.8) is 0 Å². The van der Waals surface area contributed by atoms with Gasteiger partial charge in [-0.15, -0.1) is 0 Å². The van der Waals surface area contributed by atoms with Crippen LogP contribution in [0.4, 0.5) is 11.4 Å². The van der Waals surface area contributed by atoms with Crippen molar-refractivity contribution < 1.29 is 72.2 Å². The summed E-state index contributed by atoms with van der Waals surface area (Å²) in [6.07, 6.45) is 1.63. The van der Waals surface area contributed by atoms with Crippen LogP contribution in [0.25, 0.3) is 10.8 Å². The number of carbonyl (C=O) groups is 14. The van der Waals surface area contributed by atoms with Crippen molar-refractivity contribution in [1.82, 2.24) is 68.0 Å². The molecule has 0 spiro atoms. The van der Waals surface area contributed by atoms with Crippen LogP contribution in [-0.2, 0) is 88.0 Å². The number of primary amides is 1. The van der Waals surface area contributed by atoms with Crippen molar-refractivity contribution in [2.75, 3.05) is 37.4 Å². The van der Waals surface area contributed by atoms with Gasteiger partial charge in [0.15, 0.2) is 6.17 Å². The lowest BCUT2D eigenvalue weighted by Gasteiger charge is -2.33. The second-order valence-electron chi connectivity index (χ2n) is 28.8. The lowest BCUT2D eigenvalue weighted by atomic mass is 9.99. The first kappa shape index (κ1) is 88.5. The van der Waals surface area contributed by atoms with E-state index < -0.39 is 156 Å². The van der Waals surface area contributed by atoms with Gasteiger partial charge in [-0.05, 0) is 146 Å². The van der Waals surface area contributed by atoms with Gasteiger partial charge in [-0.2, -0.15) is 0 Å². The Morgan fingerprint density at radius 2 is 1.03 bits per heavy atom. The summed E-state index contributed by atoms with van der Waals surface area (Å²) >= 11 is 6.26. The molecule has 32 heteroatoms. The number of aliphatic hydroxyl groups excluding tert-OH is 1. The van der Waals surface area contributed by atoms with E-state index in [9.17, 15) is 62.6 Å². The number of aliphatic hydroxyl groups is 1. The van der Waals surface area contributed by atoms with E-state index in [1.54, 1.807) is 50.2 Å². The number of hydrogen-bond acceptors (Lipinski definition) is 17. The fraction of sp³-hybridized carbons (Fsp3) is 0.420. The van der Waals surface area contributed by atoms with Crippen LogP contribution in [0.5, 0.6) is 0 Å². The van der Waals surface area contributed by atoms with E-state index in [1.807, 2.05) is 56.3 Å². The average Bonchev–Trinajstić information content (AvgIpc) is 1.81. The number of likely N-dealkylation sites (tertiary alicyclic amines) is 1. The Labute approximate surface area is 661 Å². The fourth-order valence-corrected chi connectivity index (χ4v) is 12.9. The fourth-order valence-electron chi connectivity index (χ4n) is 12.8. The molecule has 113 heavy (non-hydrogen) atoms. The van der Waals surface area contributed by atoms with Crippen LogP contribution >= 0.6 is 11.6 Å². The molecule has 0 saturated carbocycles. The number of nitrogens with two attached hydrogens (primary N) is 1. The minimum Gasteiger partial charge on any atom is -0.394 e. The normalized spacial score (nSPS) is 14.9. The minimum absolute atomic E-state index is 0.0119. The van der Waals surface area contributed by atoms with Crippen LogP contribution in [0.3, 0.4) is 0 Å². The summed E-state index contributed by atoms with van der Waals surface area (Å²) in [4.78, 5) is 203. The molecule has 1 fully saturated rings. The van der Waals surface area contributed by atoms with Gasteiger partial charge in [-0.3, -0.25) is 72.1 Å². The number of hydrogen-bond donors (Lipinski definition) is 14. The maximum atomic E-state index is 15.4. The number of fused-ring (bicyclic) bond motifs is 1. The molecule has 15 N–H and O–H groups in total. The molecule has 31 nitrogen and oxygen atoms in total. The van der Waals surface area contributed by atoms with Crippen LogP contribution in [-0.4, -0.2) is 196 Å². The molecule has 2 heterocycles. The third-order valence-corrected chi connectivity index (χ3v) is 18.9. The minimum atomic E-state index is -2.06. The highest BCUT2D eigenvalue weighted by atomic mass is 35.5. The molecule has 0 aliphatic carbocycles. The number of amides is 14. The molecule has 7 rings (SSSR count). The van der Waals surface area contributed by atoms with Gasteiger partial charge in [0.25, 0.3) is 11.8 Å². The number of nitrogens with zero attached hydrogens (tertiary/aromatic N) is 3. The molecule has 1 aliphatic heterocycles. The molecule has 6 aromatic rings. The first-order valence-corrected chi connectivity index (χ1v) is 37.9. The van der Waals surface area contributed by atoms with Gasteiger partial charge < -0.3 is 84.4 Å². The zero-order valence-corrected chi connectivity index (χ0v) is 65.6. The number of benzene rings is 5. The Bertz CT molecular complexity index is 4340. The monoisotopic (exact) mass is 1570 g/mol. The summed E-state index contributed by atoms with van der Waals surface area (Å²) in [5.74, 6) is -11.6. The SMILES string of the molecule is CC(=O)Nc1ccc(C[C@H](NC(=O)[C@H](CO)NC(=O)[C@@H](Cc2cccnc2)NC(=O)[C@@H](Cc2ccc(Cl)cc2)NC(=O)[C@@H](Cc2ccc3ccccc3c2)NC(C)=O)C(=O)N[C@@H](C(=O)N[C@@H](CC(C)C)C(=O)N[C@@H](CCCCNC(C)C)C(=O)N2CCC[C@@H]2C(=O)N[C@H](C)C(N)=O)N(C)C(=O)c2ccc(NC(C)=O)cc2)cc1. The largest absolute Gasteiger partial charge is 0.394 e. The maximum absolute atomic E-state index is 15.4. The number of rotatable bonds is 40. The van der Waals surface area contributed by atoms with Crippen molar-refractivity contribution in [2.24, 2.45) is 11.7 Å². The number of aromatic nitrogens is 1. The zero-order valence-electron chi connectivity index (χ0n) is 64.9. The van der Waals surface area contributed by atoms with E-state index in [0.717, 1.165) is 15.7 Å². The van der Waals surface area contributed by atoms with Crippen LogP contribution in [0.15, 0.2) is 140 Å². The summed E-state index contributed by atoms with van der Waals surface area (Å²) in [6.45, 7) is 12.3. The molecule has 14 amide bonds. The standard InChI is InChI=1S/C81H103ClN16O15/c1-46(2)38-63(72(104)90-62(19-12-13-36-85-47(3)4)81(113)98-37-15-20-69(98)78(110)86-48(5)70(83)103)94-79(111)71(97(9)80(112)57-27-33-61(34-28-57)88-50(7)101)96-76(108)66(41-53-24-31-60(32-25-53)87-49(6)100)93-77(109)68(45-99)95-75(107)67(43-55-16-14-35-84-44-55)92-74(106)65(40-52-22-29-59(82)30-23-52)91-73(105)64(89-51(8)102)42-54-21-26-56-17-10-11-18-58(56)39-54/h10-11,14,16-18,21-35,39,44,46-48,62-69,71,85,99H,12-13,15,19-20,36-38,40-43,45H2,1-9H3,(H2,83,103)(H,86,110)(H,87,100)(H,88,101)(H,89,102)(H,90,104)(H,91,105)(H,92,106)(H,93,109)(H,94,111)(H,95,107)(H,96,108)/t48-,62+,63+,64-,65-,66+,67-,68+,69-,71-/m1/s1. The third-order valence-electron chi connectivity index (χ3n) is 18.6. The molecular formula is C81H103ClN16O15. The van der Waals surface area contributed by atoms with Gasteiger partial charge in [0, 0.05) is 100 Å². The molecule has 1 aliphatic rings. The van der Waals surface area contributed by atoms with E-state index in [2.05, 4.69) is 68.8 Å². The van der Waals surface area contributed by atoms with E-state index in [-0.39, 0.29) is 62.6 Å². The zero-order chi connectivity index (χ0) is 82.6. The Hall–Kier alpha value is -11.7. The summed E-state index contributed by atoms with van der Waals surface area (Å²) in [5.41, 5.74) is 8.02. The Balaban J connectivity index is 1.21. The summed E-state index contributed by atoms with van der Waals surface area (Å²) in [5, 5.41) is 45.8. The van der Waals surface area contributed by atoms with E-state index in [0.29, 0.717) is 64.5 Å². The highest BCUT2D eigenvalue weighted by molar-refractivity contribution is 6.30. The van der Waals surface area contributed by atoms with Gasteiger partial charge >= 0.3 is 0 Å². The Morgan fingerprint density at radius 1 is 0.531 bits per heavy atom. The van der Waals surface area contributed by atoms with Crippen molar-refractivity contribution in [2.45, 2.75) is 186 Å². The summed E-state index contributed by atoms with van der Waals surface area (Å²) in [6, 6.07) is 21.7. The summed E-state index contributed by atoms with van der Waals surface area (Å²) < 4.78 is 0. The first-order valence-electron chi connectivity index (χ1n) is 37.5. The molecule has 0 unspecified atom stereocenters. The topological polar surface area (TPSA) is 449 Å². The smallest absolute Gasteiger partial charge is 0.264 e. The number of anilines is 2. The van der Waals surface area contributed by atoms with Crippen LogP contribution in [0.1, 0.15) is 127 Å². The molecule has 0 radical (unpaired) electrons. The van der Waals surface area contributed by atoms with Crippen molar-refractivity contribution in [1.29, 1.82) is 0 Å². The number of carbonyl (C=O) groups excluding carboxylic acids is 14. The Kier molecular flexibility index (Phi) is 33.8. The average molecular weight is 1580 g/mol. The van der Waals surface area contributed by atoms with Crippen molar-refractivity contribution in [3.05, 3.63) is 173 Å². The predicted molar refractivity (Wildman–Crippen MR) is 424 cm³/mol. The van der Waals surface area contributed by atoms with Crippen LogP contribution in [0.2, 0.25) is 5.02 Å². The quantitative estimate of drug-likeness (QED) is 0.0194. The maximum Gasteiger partial charge on any atom is 0.264 e. The molecule has 1 saturated heterocycles. The van der Waals surface area contributed by atoms with Crippen LogP contribution < -0.4 is 69.5 Å². The molecule has 5 aromatic carbocycles. The van der Waals surface area contributed by atoms with Gasteiger partial charge in [0.1, 0.15) is 54.4 Å². The molecule has 604 valence electrons. The number of likely N-dealkylation sites (N-methyl/N-ethyl adjacent to an activating group) is 1. The van der Waals surface area contributed by atoms with Gasteiger partial charge in [0.2, 0.25) is 70.9 Å². The second-order valence-corrected chi connectivity index (χ2v) is 29.2. The predicted octanol–water partition coefficient (Wildman–Crippen LogP) is 2.89. The lowest BCUT2D eigenvalue weighted by Crippen LogP contribution is -2.64. The summed E-state index contributed by atoms with van der Waals surface area (Å²) in [7, 11) is 1.18. The molecule has 10 atom stereocenters. The van der Waals surface area contributed by atoms with E-state index in [1.165, 1.54) is 101 Å². The number of nitrogens with one attached hydrogen (secondary N) is 12. The second kappa shape index (κ2) is 43.2. The van der Waals surface area contributed by atoms with Crippen LogP contribution in [0, 0.1) is 5.92 Å². The number of pyridine rings is 1. The third kappa shape index (κ3) is 27.9. The number of unbranched alkanes of at least 4 members (excludes halogenated alkanes) is 1. The highest BCUT2D eigenvalue weighted by Crippen LogP contribution is 2.23. The molecular weight excluding hydrogens is 1470 g/mol. The lowest BCUT2D eigenvalue weighted by molar-refractivity contribution is -0.142. The Morgan fingerprint density at radius 3 is 1.57 bits per heavy atom. The van der Waals surface area contributed by atoms with Gasteiger partial charge in [-0.1, -0.05) is 112 Å². The first-order chi connectivity index (χ1) is 53.7.